The molecule has 0 aliphatic rings. The van der Waals surface area contributed by atoms with Crippen molar-refractivity contribution in [1.82, 2.24) is 19.9 Å². The van der Waals surface area contributed by atoms with Crippen LogP contribution in [0.1, 0.15) is 30.0 Å². The van der Waals surface area contributed by atoms with Crippen LogP contribution in [0.5, 0.6) is 0 Å². The van der Waals surface area contributed by atoms with E-state index in [2.05, 4.69) is 10.3 Å². The zero-order chi connectivity index (χ0) is 22.7. The molecular formula is C24H21Cl3N4O. The third-order valence-electron chi connectivity index (χ3n) is 5.28. The molecule has 1 amide bonds. The molecule has 0 aliphatic heterocycles. The van der Waals surface area contributed by atoms with E-state index >= 15 is 0 Å². The van der Waals surface area contributed by atoms with Crippen molar-refractivity contribution in [2.24, 2.45) is 0 Å². The second-order valence-corrected chi connectivity index (χ2v) is 8.68. The molecule has 0 saturated heterocycles. The summed E-state index contributed by atoms with van der Waals surface area (Å²) in [5.41, 5.74) is 3.27. The highest BCUT2D eigenvalue weighted by Gasteiger charge is 2.23. The predicted octanol–water partition coefficient (Wildman–Crippen LogP) is 5.90. The Bertz CT molecular complexity index is 1260. The van der Waals surface area contributed by atoms with E-state index < -0.39 is 6.04 Å². The zero-order valence-corrected chi connectivity index (χ0v) is 19.6. The lowest BCUT2D eigenvalue weighted by Crippen LogP contribution is -2.33. The normalized spacial score (nSPS) is 12.1. The van der Waals surface area contributed by atoms with Crippen LogP contribution in [0.15, 0.2) is 60.8 Å². The fraction of sp³-hybridized carbons (Fsp3) is 0.208. The minimum atomic E-state index is -0.515. The third-order valence-corrected chi connectivity index (χ3v) is 6.38. The summed E-state index contributed by atoms with van der Waals surface area (Å²) in [7, 11) is 0. The van der Waals surface area contributed by atoms with Crippen LogP contribution in [-0.4, -0.2) is 27.0 Å². The van der Waals surface area contributed by atoms with Gasteiger partial charge in [0.15, 0.2) is 0 Å². The number of carbonyl (C=O) groups is 1. The third kappa shape index (κ3) is 4.90. The Morgan fingerprint density at radius 3 is 2.53 bits per heavy atom. The minimum absolute atomic E-state index is 0.119. The van der Waals surface area contributed by atoms with Crippen molar-refractivity contribution in [2.75, 3.05) is 6.54 Å². The number of nitrogens with one attached hydrogen (secondary N) is 1. The Morgan fingerprint density at radius 2 is 1.78 bits per heavy atom. The second-order valence-electron chi connectivity index (χ2n) is 7.46. The topological polar surface area (TPSA) is 59.8 Å². The number of rotatable bonds is 7. The maximum atomic E-state index is 13.0. The number of halogens is 3. The lowest BCUT2D eigenvalue weighted by Gasteiger charge is -2.18. The molecule has 0 aliphatic carbocycles. The van der Waals surface area contributed by atoms with Crippen molar-refractivity contribution in [3.8, 4) is 0 Å². The van der Waals surface area contributed by atoms with Gasteiger partial charge in [-0.25, -0.2) is 4.98 Å². The van der Waals surface area contributed by atoms with Gasteiger partial charge in [0.05, 0.1) is 21.1 Å². The van der Waals surface area contributed by atoms with Crippen molar-refractivity contribution < 1.29 is 4.79 Å². The van der Waals surface area contributed by atoms with Gasteiger partial charge in [0, 0.05) is 36.3 Å². The van der Waals surface area contributed by atoms with Crippen LogP contribution in [0, 0.1) is 0 Å². The molecular weight excluding hydrogens is 467 g/mol. The molecule has 32 heavy (non-hydrogen) atoms. The molecule has 0 spiro atoms. The average Bonchev–Trinajstić information content (AvgIpc) is 3.12. The van der Waals surface area contributed by atoms with Crippen LogP contribution >= 0.6 is 34.8 Å². The maximum Gasteiger partial charge on any atom is 0.242 e. The van der Waals surface area contributed by atoms with Gasteiger partial charge in [-0.15, -0.1) is 0 Å². The van der Waals surface area contributed by atoms with E-state index in [1.54, 1.807) is 18.3 Å². The Kier molecular flexibility index (Phi) is 6.99. The first kappa shape index (κ1) is 22.6. The van der Waals surface area contributed by atoms with E-state index in [-0.39, 0.29) is 5.91 Å². The highest BCUT2D eigenvalue weighted by Crippen LogP contribution is 2.31. The summed E-state index contributed by atoms with van der Waals surface area (Å²) in [5, 5.41) is 4.47. The Hall–Kier alpha value is -2.60. The van der Waals surface area contributed by atoms with Gasteiger partial charge in [0.1, 0.15) is 11.9 Å². The molecule has 0 saturated carbocycles. The van der Waals surface area contributed by atoms with Gasteiger partial charge in [0.2, 0.25) is 5.91 Å². The van der Waals surface area contributed by atoms with Gasteiger partial charge in [-0.1, -0.05) is 59.1 Å². The van der Waals surface area contributed by atoms with E-state index in [4.69, 9.17) is 39.8 Å². The molecule has 0 fully saturated rings. The van der Waals surface area contributed by atoms with E-state index in [9.17, 15) is 4.79 Å². The maximum absolute atomic E-state index is 13.0. The Balaban J connectivity index is 1.63. The van der Waals surface area contributed by atoms with Crippen molar-refractivity contribution in [3.05, 3.63) is 92.9 Å². The molecule has 2 aromatic carbocycles. The van der Waals surface area contributed by atoms with Crippen LogP contribution in [-0.2, 0) is 17.6 Å². The lowest BCUT2D eigenvalue weighted by molar-refractivity contribution is -0.123. The number of imidazole rings is 1. The fourth-order valence-corrected chi connectivity index (χ4v) is 4.15. The molecule has 0 unspecified atom stereocenters. The quantitative estimate of drug-likeness (QED) is 0.353. The van der Waals surface area contributed by atoms with Crippen LogP contribution in [0.25, 0.3) is 11.0 Å². The van der Waals surface area contributed by atoms with Gasteiger partial charge in [-0.2, -0.15) is 0 Å². The van der Waals surface area contributed by atoms with Gasteiger partial charge in [-0.3, -0.25) is 9.78 Å². The molecule has 0 bridgehead atoms. The molecule has 1 N–H and O–H groups in total. The summed E-state index contributed by atoms with van der Waals surface area (Å²) >= 11 is 18.9. The molecule has 8 heteroatoms. The number of benzene rings is 2. The smallest absolute Gasteiger partial charge is 0.242 e. The molecule has 2 heterocycles. The molecule has 2 aromatic heterocycles. The van der Waals surface area contributed by atoms with Crippen molar-refractivity contribution in [2.45, 2.75) is 25.8 Å². The van der Waals surface area contributed by atoms with Crippen molar-refractivity contribution in [3.63, 3.8) is 0 Å². The van der Waals surface area contributed by atoms with Crippen molar-refractivity contribution in [1.29, 1.82) is 0 Å². The summed E-state index contributed by atoms with van der Waals surface area (Å²) in [5.74, 6) is 0.588. The zero-order valence-electron chi connectivity index (χ0n) is 17.4. The number of pyridine rings is 1. The molecule has 4 aromatic rings. The fourth-order valence-electron chi connectivity index (χ4n) is 3.63. The molecule has 5 nitrogen and oxygen atoms in total. The highest BCUT2D eigenvalue weighted by atomic mass is 35.5. The van der Waals surface area contributed by atoms with Gasteiger partial charge >= 0.3 is 0 Å². The van der Waals surface area contributed by atoms with Crippen LogP contribution in [0.4, 0.5) is 0 Å². The first-order valence-electron chi connectivity index (χ1n) is 10.2. The standard InChI is InChI=1S/C24H21Cl3N4O/c1-15(24(32)29-11-9-17-7-4-5-10-28-17)31-22-14-20(27)19(26)13-21(22)30-23(31)12-16-6-2-3-8-18(16)25/h2-8,10,13-15H,9,11-12H2,1H3,(H,29,32)/t15-/m0/s1. The number of amides is 1. The van der Waals surface area contributed by atoms with E-state index in [1.807, 2.05) is 54.0 Å². The molecule has 0 radical (unpaired) electrons. The number of aromatic nitrogens is 3. The van der Waals surface area contributed by atoms with Crippen LogP contribution < -0.4 is 5.32 Å². The Morgan fingerprint density at radius 1 is 1.03 bits per heavy atom. The number of hydrogen-bond acceptors (Lipinski definition) is 3. The second kappa shape index (κ2) is 9.90. The predicted molar refractivity (Wildman–Crippen MR) is 130 cm³/mol. The van der Waals surface area contributed by atoms with Crippen LogP contribution in [0.2, 0.25) is 15.1 Å². The first-order chi connectivity index (χ1) is 15.4. The SMILES string of the molecule is C[C@@H](C(=O)NCCc1ccccn1)n1c(Cc2ccccc2Cl)nc2cc(Cl)c(Cl)cc21. The first-order valence-corrected chi connectivity index (χ1v) is 11.3. The number of carbonyl (C=O) groups excluding carboxylic acids is 1. The molecule has 1 atom stereocenters. The van der Waals surface area contributed by atoms with Crippen molar-refractivity contribution >= 4 is 51.7 Å². The summed E-state index contributed by atoms with van der Waals surface area (Å²) in [6.45, 7) is 2.33. The highest BCUT2D eigenvalue weighted by molar-refractivity contribution is 6.42. The summed E-state index contributed by atoms with van der Waals surface area (Å²) in [6.07, 6.45) is 2.86. The van der Waals surface area contributed by atoms with Gasteiger partial charge in [0.25, 0.3) is 0 Å². The Labute approximate surface area is 201 Å². The van der Waals surface area contributed by atoms with Crippen LogP contribution in [0.3, 0.4) is 0 Å². The molecule has 4 rings (SSSR count). The van der Waals surface area contributed by atoms with E-state index in [0.717, 1.165) is 16.8 Å². The van der Waals surface area contributed by atoms with Gasteiger partial charge in [-0.05, 0) is 42.8 Å². The summed E-state index contributed by atoms with van der Waals surface area (Å²) < 4.78 is 1.90. The molecule has 164 valence electrons. The van der Waals surface area contributed by atoms with E-state index in [1.165, 1.54) is 0 Å². The number of hydrogen-bond donors (Lipinski definition) is 1. The summed E-state index contributed by atoms with van der Waals surface area (Å²) in [4.78, 5) is 22.1. The average molecular weight is 488 g/mol. The van der Waals surface area contributed by atoms with Gasteiger partial charge < -0.3 is 9.88 Å². The minimum Gasteiger partial charge on any atom is -0.354 e. The monoisotopic (exact) mass is 486 g/mol. The number of fused-ring (bicyclic) bond motifs is 1. The lowest BCUT2D eigenvalue weighted by atomic mass is 10.1. The number of nitrogens with zero attached hydrogens (tertiary/aromatic N) is 3. The largest absolute Gasteiger partial charge is 0.354 e. The van der Waals surface area contributed by atoms with E-state index in [0.29, 0.717) is 45.8 Å². The summed E-state index contributed by atoms with van der Waals surface area (Å²) in [6, 6.07) is 16.3.